The van der Waals surface area contributed by atoms with Crippen molar-refractivity contribution in [2.24, 2.45) is 5.92 Å². The number of nitrogens with zero attached hydrogens (tertiary/aromatic N) is 1. The Hall–Kier alpha value is -2.36. The van der Waals surface area contributed by atoms with E-state index in [0.717, 1.165) is 4.31 Å². The predicted molar refractivity (Wildman–Crippen MR) is 155 cm³/mol. The van der Waals surface area contributed by atoms with Crippen LogP contribution in [0.4, 0.5) is 10.5 Å². The summed E-state index contributed by atoms with van der Waals surface area (Å²) in [6.07, 6.45) is -2.79. The molecule has 2 aromatic carbocycles. The van der Waals surface area contributed by atoms with Gasteiger partial charge in [-0.2, -0.15) is 8.62 Å². The number of nitrogens with two attached hydrogens (primary N) is 1. The van der Waals surface area contributed by atoms with Crippen molar-refractivity contribution < 1.29 is 55.3 Å². The summed E-state index contributed by atoms with van der Waals surface area (Å²) in [7, 11) is -15.4. The third-order valence-electron chi connectivity index (χ3n) is 6.16. The molecule has 4 atom stereocenters. The van der Waals surface area contributed by atoms with Crippen LogP contribution >= 0.6 is 15.6 Å². The Morgan fingerprint density at radius 3 is 2.30 bits per heavy atom. The molecule has 0 saturated carbocycles. The molecule has 0 spiro atoms. The van der Waals surface area contributed by atoms with Crippen LogP contribution in [0.25, 0.3) is 0 Å². The molecule has 3 rings (SSSR count). The third kappa shape index (κ3) is 11.6. The van der Waals surface area contributed by atoms with Crippen LogP contribution in [0.15, 0.2) is 59.5 Å². The number of carbonyl (C=O) groups is 1. The molecule has 1 fully saturated rings. The van der Waals surface area contributed by atoms with Crippen molar-refractivity contribution in [1.29, 1.82) is 0 Å². The number of carbonyl (C=O) groups excluding carboxylic acids is 1. The lowest BCUT2D eigenvalue weighted by Gasteiger charge is -2.33. The van der Waals surface area contributed by atoms with Crippen molar-refractivity contribution in [3.63, 3.8) is 0 Å². The summed E-state index contributed by atoms with van der Waals surface area (Å²) in [5.41, 5.74) is 6.66. The molecule has 0 aliphatic carbocycles. The summed E-state index contributed by atoms with van der Waals surface area (Å²) in [4.78, 5) is 41.5. The largest absolute Gasteiger partial charge is 0.481 e. The molecule has 0 aromatic heterocycles. The summed E-state index contributed by atoms with van der Waals surface area (Å²) >= 11 is 0. The minimum absolute atomic E-state index is 0.0604. The lowest BCUT2D eigenvalue weighted by Crippen LogP contribution is -2.52. The van der Waals surface area contributed by atoms with Crippen LogP contribution in [0, 0.1) is 5.92 Å². The summed E-state index contributed by atoms with van der Waals surface area (Å²) in [5.74, 6) is -0.246. The van der Waals surface area contributed by atoms with Crippen LogP contribution in [-0.2, 0) is 43.9 Å². The van der Waals surface area contributed by atoms with Gasteiger partial charge in [-0.15, -0.1) is 0 Å². The Labute approximate surface area is 250 Å². The van der Waals surface area contributed by atoms with E-state index >= 15 is 0 Å². The number of nitrogens with one attached hydrogen (secondary N) is 1. The average molecular weight is 666 g/mol. The number of anilines is 1. The molecule has 0 bridgehead atoms. The van der Waals surface area contributed by atoms with Gasteiger partial charge >= 0.3 is 21.7 Å². The van der Waals surface area contributed by atoms with E-state index in [1.54, 1.807) is 44.2 Å². The highest BCUT2D eigenvalue weighted by atomic mass is 32.2. The molecule has 43 heavy (non-hydrogen) atoms. The van der Waals surface area contributed by atoms with Gasteiger partial charge in [-0.05, 0) is 42.2 Å². The Balaban J connectivity index is 2.04. The van der Waals surface area contributed by atoms with Crippen LogP contribution in [0.5, 0.6) is 0 Å². The minimum atomic E-state index is -5.54. The summed E-state index contributed by atoms with van der Waals surface area (Å²) < 4.78 is 72.6. The van der Waals surface area contributed by atoms with Crippen LogP contribution in [-0.4, -0.2) is 78.0 Å². The van der Waals surface area contributed by atoms with Crippen molar-refractivity contribution in [3.8, 4) is 0 Å². The zero-order valence-corrected chi connectivity index (χ0v) is 26.2. The van der Waals surface area contributed by atoms with Gasteiger partial charge < -0.3 is 35.2 Å². The topological polar surface area (TPSA) is 224 Å². The first kappa shape index (κ1) is 35.1. The van der Waals surface area contributed by atoms with E-state index in [9.17, 15) is 37.0 Å². The Kier molecular flexibility index (Phi) is 12.3. The zero-order chi connectivity index (χ0) is 31.8. The summed E-state index contributed by atoms with van der Waals surface area (Å²) in [6.45, 7) is 3.32. The van der Waals surface area contributed by atoms with Gasteiger partial charge in [0.15, 0.2) is 0 Å². The monoisotopic (exact) mass is 665 g/mol. The maximum Gasteiger partial charge on any atom is 0.481 e. The van der Waals surface area contributed by atoms with Crippen LogP contribution < -0.4 is 11.1 Å². The van der Waals surface area contributed by atoms with E-state index in [0.29, 0.717) is 24.3 Å². The second-order valence-corrected chi connectivity index (χ2v) is 15.0. The smallest absolute Gasteiger partial charge is 0.444 e. The number of rotatable bonds is 15. The van der Waals surface area contributed by atoms with Gasteiger partial charge in [0, 0.05) is 25.2 Å². The van der Waals surface area contributed by atoms with Crippen molar-refractivity contribution in [1.82, 2.24) is 9.62 Å². The van der Waals surface area contributed by atoms with Gasteiger partial charge in [-0.1, -0.05) is 44.2 Å². The molecular weight excluding hydrogens is 628 g/mol. The molecular formula is C25H37N3O12P2S. The van der Waals surface area contributed by atoms with Crippen molar-refractivity contribution in [2.75, 3.05) is 32.0 Å². The second-order valence-electron chi connectivity index (χ2n) is 10.3. The number of alkyl carbamates (subject to hydrolysis) is 1. The normalized spacial score (nSPS) is 18.7. The highest BCUT2D eigenvalue weighted by Gasteiger charge is 2.41. The van der Waals surface area contributed by atoms with E-state index in [2.05, 4.69) is 9.63 Å². The number of amides is 1. The minimum Gasteiger partial charge on any atom is -0.444 e. The molecule has 1 saturated heterocycles. The Bertz CT molecular complexity index is 1400. The van der Waals surface area contributed by atoms with Gasteiger partial charge in [0.1, 0.15) is 12.2 Å². The fourth-order valence-electron chi connectivity index (χ4n) is 4.31. The molecule has 240 valence electrons. The standard InChI is InChI=1S/C25H37N3O12P2S/c1-18(2)15-28(43(35,36)22-10-8-20(26)9-11-22)16-24(39-42(33,34)40-41(30,31)32)23(14-19-6-4-3-5-7-19)27-25(29)38-21-12-13-37-17-21/h3-11,18,21,23-24H,12-17,26H2,1-2H3,(H,27,29)(H,33,34)(H2,30,31,32). The van der Waals surface area contributed by atoms with Gasteiger partial charge in [0.25, 0.3) is 0 Å². The zero-order valence-electron chi connectivity index (χ0n) is 23.6. The molecule has 0 radical (unpaired) electrons. The fourth-order valence-corrected chi connectivity index (χ4v) is 7.71. The molecule has 15 nitrogen and oxygen atoms in total. The first-order chi connectivity index (χ1) is 20.0. The van der Waals surface area contributed by atoms with Crippen LogP contribution in [0.3, 0.4) is 0 Å². The van der Waals surface area contributed by atoms with E-state index in [1.807, 2.05) is 0 Å². The Morgan fingerprint density at radius 1 is 1.09 bits per heavy atom. The van der Waals surface area contributed by atoms with Gasteiger partial charge in [-0.3, -0.25) is 4.52 Å². The quantitative estimate of drug-likeness (QED) is 0.136. The molecule has 18 heteroatoms. The highest BCUT2D eigenvalue weighted by molar-refractivity contribution is 7.89. The lowest BCUT2D eigenvalue weighted by atomic mass is 10.0. The summed E-state index contributed by atoms with van der Waals surface area (Å²) in [6, 6.07) is 12.7. The number of benzene rings is 2. The van der Waals surface area contributed by atoms with E-state index in [4.69, 9.17) is 19.7 Å². The first-order valence-electron chi connectivity index (χ1n) is 13.3. The molecule has 1 aliphatic rings. The first-order valence-corrected chi connectivity index (χ1v) is 17.7. The number of phosphoric ester groups is 1. The Morgan fingerprint density at radius 2 is 1.74 bits per heavy atom. The number of phosphoric acid groups is 2. The molecule has 1 heterocycles. The molecule has 2 aromatic rings. The van der Waals surface area contributed by atoms with Crippen LogP contribution in [0.2, 0.25) is 0 Å². The molecule has 6 N–H and O–H groups in total. The highest BCUT2D eigenvalue weighted by Crippen LogP contribution is 2.58. The predicted octanol–water partition coefficient (Wildman–Crippen LogP) is 2.64. The summed E-state index contributed by atoms with van der Waals surface area (Å²) in [5, 5.41) is 2.57. The van der Waals surface area contributed by atoms with Crippen molar-refractivity contribution in [2.45, 2.75) is 49.8 Å². The molecule has 1 aliphatic heterocycles. The van der Waals surface area contributed by atoms with Crippen molar-refractivity contribution in [3.05, 3.63) is 60.2 Å². The second kappa shape index (κ2) is 15.1. The van der Waals surface area contributed by atoms with Gasteiger partial charge in [0.05, 0.1) is 24.2 Å². The van der Waals surface area contributed by atoms with Gasteiger partial charge in [0.2, 0.25) is 10.0 Å². The SMILES string of the molecule is CC(C)CN(CC(OP(=O)(O)OP(=O)(O)O)C(Cc1ccccc1)NC(=O)OC1CCOC1)S(=O)(=O)c1ccc(N)cc1. The third-order valence-corrected chi connectivity index (χ3v) is 10.2. The van der Waals surface area contributed by atoms with E-state index in [1.165, 1.54) is 24.3 Å². The van der Waals surface area contributed by atoms with E-state index in [-0.39, 0.29) is 30.4 Å². The number of hydrogen-bond donors (Lipinski definition) is 5. The average Bonchev–Trinajstić information content (AvgIpc) is 3.39. The number of ether oxygens (including phenoxy) is 2. The van der Waals surface area contributed by atoms with Crippen LogP contribution in [0.1, 0.15) is 25.8 Å². The van der Waals surface area contributed by atoms with Crippen molar-refractivity contribution >= 4 is 37.4 Å². The maximum atomic E-state index is 13.8. The van der Waals surface area contributed by atoms with Gasteiger partial charge in [-0.25, -0.2) is 22.3 Å². The molecule has 4 unspecified atom stereocenters. The number of sulfonamides is 1. The maximum absolute atomic E-state index is 13.8. The number of nitrogen functional groups attached to an aromatic ring is 1. The molecule has 1 amide bonds. The lowest BCUT2D eigenvalue weighted by molar-refractivity contribution is 0.0595. The number of hydrogen-bond acceptors (Lipinski definition) is 10. The fraction of sp³-hybridized carbons (Fsp3) is 0.480. The van der Waals surface area contributed by atoms with E-state index < -0.39 is 56.6 Å².